The SMILES string of the molecule is Cc1noc(=O)c2ccc(NC(=O)C(Cc3ccccc3)c3ccc(Oc4ccccc4)cc3)cc12. The van der Waals surface area contributed by atoms with Crippen LogP contribution in [0.5, 0.6) is 11.5 Å². The Morgan fingerprint density at radius 3 is 2.25 bits per heavy atom. The molecular weight excluding hydrogens is 452 g/mol. The topological polar surface area (TPSA) is 81.4 Å². The van der Waals surface area contributed by atoms with Gasteiger partial charge in [0.15, 0.2) is 0 Å². The summed E-state index contributed by atoms with van der Waals surface area (Å²) in [5, 5.41) is 7.89. The van der Waals surface area contributed by atoms with Gasteiger partial charge in [-0.3, -0.25) is 4.79 Å². The van der Waals surface area contributed by atoms with E-state index in [1.165, 1.54) is 0 Å². The molecule has 6 heteroatoms. The molecular formula is C30H24N2O4. The van der Waals surface area contributed by atoms with E-state index in [9.17, 15) is 9.59 Å². The van der Waals surface area contributed by atoms with E-state index in [1.807, 2.05) is 84.9 Å². The van der Waals surface area contributed by atoms with E-state index in [-0.39, 0.29) is 5.91 Å². The second kappa shape index (κ2) is 10.3. The molecule has 178 valence electrons. The summed E-state index contributed by atoms with van der Waals surface area (Å²) >= 11 is 0. The molecule has 5 rings (SSSR count). The lowest BCUT2D eigenvalue weighted by atomic mass is 9.91. The highest BCUT2D eigenvalue weighted by atomic mass is 16.5. The summed E-state index contributed by atoms with van der Waals surface area (Å²) in [5.41, 5.74) is 2.59. The maximum absolute atomic E-state index is 13.5. The molecule has 1 N–H and O–H groups in total. The molecule has 0 aliphatic rings. The minimum atomic E-state index is -0.506. The van der Waals surface area contributed by atoms with Crippen LogP contribution >= 0.6 is 0 Å². The van der Waals surface area contributed by atoms with E-state index in [0.717, 1.165) is 16.9 Å². The molecule has 0 bridgehead atoms. The molecule has 0 aliphatic heterocycles. The second-order valence-electron chi connectivity index (χ2n) is 8.53. The molecule has 1 amide bonds. The predicted molar refractivity (Wildman–Crippen MR) is 139 cm³/mol. The van der Waals surface area contributed by atoms with E-state index in [4.69, 9.17) is 9.26 Å². The Labute approximate surface area is 208 Å². The third-order valence-electron chi connectivity index (χ3n) is 6.02. The molecule has 0 saturated heterocycles. The van der Waals surface area contributed by atoms with Gasteiger partial charge in [-0.05, 0) is 66.9 Å². The average molecular weight is 477 g/mol. The molecule has 4 aromatic carbocycles. The maximum atomic E-state index is 13.5. The normalized spacial score (nSPS) is 11.7. The van der Waals surface area contributed by atoms with Gasteiger partial charge in [-0.1, -0.05) is 65.8 Å². The van der Waals surface area contributed by atoms with E-state index in [0.29, 0.717) is 34.3 Å². The number of carbonyl (C=O) groups is 1. The number of ether oxygens (including phenoxy) is 1. The molecule has 1 aromatic heterocycles. The number of nitrogens with zero attached hydrogens (tertiary/aromatic N) is 1. The number of aryl methyl sites for hydroxylation is 1. The number of rotatable bonds is 7. The van der Waals surface area contributed by atoms with Gasteiger partial charge in [0.1, 0.15) is 11.5 Å². The number of anilines is 1. The Morgan fingerprint density at radius 2 is 1.53 bits per heavy atom. The van der Waals surface area contributed by atoms with Gasteiger partial charge in [-0.25, -0.2) is 4.79 Å². The van der Waals surface area contributed by atoms with Crippen molar-refractivity contribution in [2.75, 3.05) is 5.32 Å². The van der Waals surface area contributed by atoms with Crippen molar-refractivity contribution in [3.63, 3.8) is 0 Å². The number of nitrogens with one attached hydrogen (secondary N) is 1. The zero-order valence-electron chi connectivity index (χ0n) is 19.7. The van der Waals surface area contributed by atoms with Crippen LogP contribution in [-0.2, 0) is 11.2 Å². The third-order valence-corrected chi connectivity index (χ3v) is 6.02. The van der Waals surface area contributed by atoms with Crippen LogP contribution in [0.25, 0.3) is 10.8 Å². The molecule has 1 atom stereocenters. The first-order chi connectivity index (χ1) is 17.6. The largest absolute Gasteiger partial charge is 0.457 e. The number of aromatic nitrogens is 1. The van der Waals surface area contributed by atoms with Crippen LogP contribution in [-0.4, -0.2) is 11.1 Å². The molecule has 0 aliphatic carbocycles. The average Bonchev–Trinajstić information content (AvgIpc) is 2.91. The van der Waals surface area contributed by atoms with E-state index < -0.39 is 11.5 Å². The van der Waals surface area contributed by atoms with E-state index in [2.05, 4.69) is 10.5 Å². The number of fused-ring (bicyclic) bond motifs is 1. The molecule has 1 unspecified atom stereocenters. The molecule has 0 spiro atoms. The van der Waals surface area contributed by atoms with Crippen molar-refractivity contribution in [2.24, 2.45) is 0 Å². The molecule has 0 saturated carbocycles. The van der Waals surface area contributed by atoms with Gasteiger partial charge < -0.3 is 14.6 Å². The van der Waals surface area contributed by atoms with Crippen molar-refractivity contribution in [3.05, 3.63) is 130 Å². The predicted octanol–water partition coefficient (Wildman–Crippen LogP) is 6.25. The Kier molecular flexibility index (Phi) is 6.58. The van der Waals surface area contributed by atoms with Crippen molar-refractivity contribution < 1.29 is 14.1 Å². The van der Waals surface area contributed by atoms with Crippen molar-refractivity contribution in [3.8, 4) is 11.5 Å². The fourth-order valence-electron chi connectivity index (χ4n) is 4.14. The lowest BCUT2D eigenvalue weighted by Gasteiger charge is -2.18. The smallest absolute Gasteiger partial charge is 0.366 e. The minimum absolute atomic E-state index is 0.150. The zero-order chi connectivity index (χ0) is 24.9. The van der Waals surface area contributed by atoms with Gasteiger partial charge in [-0.15, -0.1) is 0 Å². The van der Waals surface area contributed by atoms with Gasteiger partial charge in [0.2, 0.25) is 5.91 Å². The lowest BCUT2D eigenvalue weighted by Crippen LogP contribution is -2.23. The van der Waals surface area contributed by atoms with Crippen molar-refractivity contribution in [1.82, 2.24) is 5.16 Å². The zero-order valence-corrected chi connectivity index (χ0v) is 19.7. The van der Waals surface area contributed by atoms with Crippen LogP contribution in [0.15, 0.2) is 112 Å². The number of hydrogen-bond donors (Lipinski definition) is 1. The molecule has 36 heavy (non-hydrogen) atoms. The monoisotopic (exact) mass is 476 g/mol. The Bertz CT molecular complexity index is 1550. The highest BCUT2D eigenvalue weighted by Gasteiger charge is 2.22. The van der Waals surface area contributed by atoms with E-state index in [1.54, 1.807) is 25.1 Å². The van der Waals surface area contributed by atoms with Crippen LogP contribution in [0.4, 0.5) is 5.69 Å². The first-order valence-electron chi connectivity index (χ1n) is 11.6. The van der Waals surface area contributed by atoms with Crippen LogP contribution < -0.4 is 15.7 Å². The summed E-state index contributed by atoms with van der Waals surface area (Å²) in [6.45, 7) is 1.76. The quantitative estimate of drug-likeness (QED) is 0.300. The Balaban J connectivity index is 1.42. The molecule has 5 aromatic rings. The number of benzene rings is 4. The highest BCUT2D eigenvalue weighted by molar-refractivity contribution is 5.98. The van der Waals surface area contributed by atoms with Gasteiger partial charge in [0.25, 0.3) is 0 Å². The first-order valence-corrected chi connectivity index (χ1v) is 11.6. The standard InChI is InChI=1S/C30H24N2O4/c1-20-27-19-23(14-17-26(27)30(34)36-32-20)31-29(33)28(18-21-8-4-2-5-9-21)22-12-15-25(16-13-22)35-24-10-6-3-7-11-24/h2-17,19,28H,18H2,1H3,(H,31,33). The fourth-order valence-corrected chi connectivity index (χ4v) is 4.14. The van der Waals surface area contributed by atoms with Crippen LogP contribution in [0, 0.1) is 6.92 Å². The van der Waals surface area contributed by atoms with Gasteiger partial charge in [0.05, 0.1) is 17.0 Å². The number of para-hydroxylation sites is 1. The molecule has 1 heterocycles. The second-order valence-corrected chi connectivity index (χ2v) is 8.53. The summed E-state index contributed by atoms with van der Waals surface area (Å²) in [7, 11) is 0. The minimum Gasteiger partial charge on any atom is -0.457 e. The summed E-state index contributed by atoms with van der Waals surface area (Å²) in [6.07, 6.45) is 0.531. The summed E-state index contributed by atoms with van der Waals surface area (Å²) in [6, 6.07) is 32.2. The van der Waals surface area contributed by atoms with Crippen LogP contribution in [0.1, 0.15) is 22.7 Å². The van der Waals surface area contributed by atoms with E-state index >= 15 is 0 Å². The lowest BCUT2D eigenvalue weighted by molar-refractivity contribution is -0.117. The van der Waals surface area contributed by atoms with Crippen molar-refractivity contribution in [2.45, 2.75) is 19.3 Å². The van der Waals surface area contributed by atoms with Gasteiger partial charge in [-0.2, -0.15) is 0 Å². The third kappa shape index (κ3) is 5.18. The number of hydrogen-bond acceptors (Lipinski definition) is 5. The number of amides is 1. The molecule has 0 radical (unpaired) electrons. The Hall–Kier alpha value is -4.71. The molecule has 6 nitrogen and oxygen atoms in total. The summed E-state index contributed by atoms with van der Waals surface area (Å²) in [5.74, 6) is 0.858. The van der Waals surface area contributed by atoms with Crippen LogP contribution in [0.3, 0.4) is 0 Å². The molecule has 0 fully saturated rings. The summed E-state index contributed by atoms with van der Waals surface area (Å²) < 4.78 is 10.7. The van der Waals surface area contributed by atoms with Gasteiger partial charge in [0, 0.05) is 11.1 Å². The maximum Gasteiger partial charge on any atom is 0.366 e. The number of carbonyl (C=O) groups excluding carboxylic acids is 1. The first kappa shape index (κ1) is 23.1. The van der Waals surface area contributed by atoms with Gasteiger partial charge >= 0.3 is 5.63 Å². The highest BCUT2D eigenvalue weighted by Crippen LogP contribution is 2.28. The summed E-state index contributed by atoms with van der Waals surface area (Å²) in [4.78, 5) is 25.5. The van der Waals surface area contributed by atoms with Crippen LogP contribution in [0.2, 0.25) is 0 Å². The van der Waals surface area contributed by atoms with Crippen molar-refractivity contribution in [1.29, 1.82) is 0 Å². The Morgan fingerprint density at radius 1 is 0.861 bits per heavy atom. The van der Waals surface area contributed by atoms with Crippen molar-refractivity contribution >= 4 is 22.4 Å². The fraction of sp³-hybridized carbons (Fsp3) is 0.100.